The first-order valence-electron chi connectivity index (χ1n) is 3.07. The highest BCUT2D eigenvalue weighted by Crippen LogP contribution is 1.99. The number of hydrogen-bond donors (Lipinski definition) is 3. The maximum atomic E-state index is 5.47. The van der Waals surface area contributed by atoms with Gasteiger partial charge < -0.3 is 10.8 Å². The highest BCUT2D eigenvalue weighted by molar-refractivity contribution is 7.96. The van der Waals surface area contributed by atoms with Gasteiger partial charge in [-0.3, -0.25) is 5.84 Å². The lowest BCUT2D eigenvalue weighted by Crippen LogP contribution is -2.39. The molecule has 0 fully saturated rings. The van der Waals surface area contributed by atoms with Gasteiger partial charge in [0.1, 0.15) is 0 Å². The molecule has 0 aliphatic rings. The van der Waals surface area contributed by atoms with Crippen molar-refractivity contribution >= 4 is 25.2 Å². The largest absolute Gasteiger partial charge is 0.338 e. The van der Waals surface area contributed by atoms with Crippen LogP contribution in [0.2, 0.25) is 5.82 Å². The fourth-order valence-corrected chi connectivity index (χ4v) is 0.631. The Morgan fingerprint density at radius 1 is 1.70 bits per heavy atom. The van der Waals surface area contributed by atoms with E-state index in [1.54, 1.807) is 0 Å². The summed E-state index contributed by atoms with van der Waals surface area (Å²) >= 11 is 3.93. The van der Waals surface area contributed by atoms with Crippen LogP contribution in [0, 0.1) is 0 Å². The molecule has 0 bridgehead atoms. The number of nitrogens with zero attached hydrogens (tertiary/aromatic N) is 2. The molecule has 0 heterocycles. The smallest absolute Gasteiger partial charge is 0.262 e. The van der Waals surface area contributed by atoms with Crippen molar-refractivity contribution < 1.29 is 0 Å². The van der Waals surface area contributed by atoms with E-state index in [2.05, 4.69) is 31.6 Å². The van der Waals surface area contributed by atoms with Crippen LogP contribution in [0.5, 0.6) is 0 Å². The van der Waals surface area contributed by atoms with E-state index in [4.69, 9.17) is 11.7 Å². The summed E-state index contributed by atoms with van der Waals surface area (Å²) in [5, 5.41) is 3.68. The lowest BCUT2D eigenvalue weighted by molar-refractivity contribution is 0.685. The molecule has 10 heavy (non-hydrogen) atoms. The molecule has 4 nitrogen and oxygen atoms in total. The minimum atomic E-state index is 0.355. The molecule has 0 aromatic carbocycles. The van der Waals surface area contributed by atoms with Gasteiger partial charge in [-0.1, -0.05) is 13.8 Å². The van der Waals surface area contributed by atoms with Crippen molar-refractivity contribution in [2.24, 2.45) is 16.8 Å². The van der Waals surface area contributed by atoms with Crippen molar-refractivity contribution in [1.82, 2.24) is 4.92 Å². The van der Waals surface area contributed by atoms with Gasteiger partial charge in [-0.15, -0.1) is 12.6 Å². The Balaban J connectivity index is 3.73. The first-order valence-corrected chi connectivity index (χ1v) is 3.51. The van der Waals surface area contributed by atoms with Gasteiger partial charge in [0, 0.05) is 0 Å². The average molecular weight is 160 g/mol. The van der Waals surface area contributed by atoms with E-state index in [-0.39, 0.29) is 0 Å². The molecule has 0 aromatic heterocycles. The van der Waals surface area contributed by atoms with Crippen LogP contribution in [0.25, 0.3) is 0 Å². The third-order valence-corrected chi connectivity index (χ3v) is 1.31. The molecule has 0 aromatic rings. The standard InChI is InChI=1S/C4H13BN4S/c1-3(2)5-9(7)4(10)8-6/h3,5H,6-7H2,1-2H3,(H,8,10). The van der Waals surface area contributed by atoms with E-state index in [1.807, 2.05) is 0 Å². The van der Waals surface area contributed by atoms with Crippen LogP contribution in [0.3, 0.4) is 0 Å². The van der Waals surface area contributed by atoms with Crippen LogP contribution in [0.1, 0.15) is 13.8 Å². The average Bonchev–Trinajstić information content (AvgIpc) is 1.85. The lowest BCUT2D eigenvalue weighted by atomic mass is 9.78. The van der Waals surface area contributed by atoms with Crippen molar-refractivity contribution in [3.05, 3.63) is 0 Å². The molecule has 0 aliphatic carbocycles. The Bertz CT molecular complexity index is 126. The first-order chi connectivity index (χ1) is 4.57. The van der Waals surface area contributed by atoms with E-state index in [9.17, 15) is 0 Å². The van der Waals surface area contributed by atoms with Crippen molar-refractivity contribution in [1.29, 1.82) is 0 Å². The number of hydrogen-bond acceptors (Lipinski definition) is 3. The third-order valence-electron chi connectivity index (χ3n) is 0.934. The zero-order valence-electron chi connectivity index (χ0n) is 6.28. The highest BCUT2D eigenvalue weighted by Gasteiger charge is 2.06. The van der Waals surface area contributed by atoms with Gasteiger partial charge in [-0.05, 0) is 5.82 Å². The van der Waals surface area contributed by atoms with Crippen LogP contribution < -0.4 is 11.7 Å². The van der Waals surface area contributed by atoms with Gasteiger partial charge >= 0.3 is 0 Å². The fraction of sp³-hybridized carbons (Fsp3) is 0.750. The van der Waals surface area contributed by atoms with Crippen molar-refractivity contribution in [3.63, 3.8) is 0 Å². The number of thiol groups is 1. The highest BCUT2D eigenvalue weighted by atomic mass is 32.1. The molecule has 0 aliphatic heterocycles. The SMILES string of the molecule is CC(C)BN(N)/C(S)=N\N. The van der Waals surface area contributed by atoms with Gasteiger partial charge in [0.15, 0.2) is 5.17 Å². The Hall–Kier alpha value is -0.355. The van der Waals surface area contributed by atoms with Crippen LogP contribution in [0.15, 0.2) is 5.10 Å². The van der Waals surface area contributed by atoms with Crippen molar-refractivity contribution in [3.8, 4) is 0 Å². The van der Waals surface area contributed by atoms with Crippen LogP contribution in [-0.4, -0.2) is 17.5 Å². The molecule has 0 saturated carbocycles. The predicted molar refractivity (Wildman–Crippen MR) is 48.9 cm³/mol. The second kappa shape index (κ2) is 4.46. The second-order valence-corrected chi connectivity index (χ2v) is 2.88. The van der Waals surface area contributed by atoms with Crippen molar-refractivity contribution in [2.75, 3.05) is 0 Å². The number of amidine groups is 1. The number of rotatable bonds is 2. The summed E-state index contributed by atoms with van der Waals surface area (Å²) in [6, 6.07) is 0. The molecular formula is C4H13BN4S. The first kappa shape index (κ1) is 9.64. The van der Waals surface area contributed by atoms with Gasteiger partial charge in [-0.2, -0.15) is 5.10 Å². The molecule has 58 valence electrons. The van der Waals surface area contributed by atoms with E-state index < -0.39 is 0 Å². The molecule has 0 atom stereocenters. The number of hydrazine groups is 1. The normalized spacial score (nSPS) is 11.9. The Morgan fingerprint density at radius 2 is 2.20 bits per heavy atom. The summed E-state index contributed by atoms with van der Waals surface area (Å²) in [7, 11) is 0.708. The second-order valence-electron chi connectivity index (χ2n) is 2.48. The van der Waals surface area contributed by atoms with E-state index in [0.717, 1.165) is 0 Å². The quantitative estimate of drug-likeness (QED) is 0.127. The van der Waals surface area contributed by atoms with Crippen LogP contribution in [-0.2, 0) is 0 Å². The van der Waals surface area contributed by atoms with Crippen molar-refractivity contribution in [2.45, 2.75) is 19.7 Å². The summed E-state index contributed by atoms with van der Waals surface area (Å²) in [5.74, 6) is 10.9. The van der Waals surface area contributed by atoms with Gasteiger partial charge in [0.05, 0.1) is 0 Å². The lowest BCUT2D eigenvalue weighted by Gasteiger charge is -2.16. The molecule has 0 rings (SSSR count). The molecule has 0 saturated heterocycles. The Labute approximate surface area is 67.3 Å². The minimum absolute atomic E-state index is 0.355. The summed E-state index contributed by atoms with van der Waals surface area (Å²) in [6.45, 7) is 4.11. The monoisotopic (exact) mass is 160 g/mol. The van der Waals surface area contributed by atoms with Gasteiger partial charge in [0.25, 0.3) is 7.41 Å². The maximum absolute atomic E-state index is 5.47. The zero-order valence-corrected chi connectivity index (χ0v) is 7.18. The van der Waals surface area contributed by atoms with Gasteiger partial charge in [0.2, 0.25) is 0 Å². The molecule has 0 spiro atoms. The summed E-state index contributed by atoms with van der Waals surface area (Å²) in [5.41, 5.74) is 0. The van der Waals surface area contributed by atoms with E-state index in [1.165, 1.54) is 4.92 Å². The fourth-order valence-electron chi connectivity index (χ4n) is 0.549. The molecular weight excluding hydrogens is 147 g/mol. The molecule has 0 amide bonds. The van der Waals surface area contributed by atoms with Gasteiger partial charge in [-0.25, -0.2) is 0 Å². The Morgan fingerprint density at radius 3 is 2.50 bits per heavy atom. The topological polar surface area (TPSA) is 67.6 Å². The molecule has 0 radical (unpaired) electrons. The van der Waals surface area contributed by atoms with Crippen LogP contribution in [0.4, 0.5) is 0 Å². The molecule has 6 heteroatoms. The third kappa shape index (κ3) is 3.63. The van der Waals surface area contributed by atoms with E-state index in [0.29, 0.717) is 18.4 Å². The molecule has 4 N–H and O–H groups in total. The van der Waals surface area contributed by atoms with E-state index >= 15 is 0 Å². The number of nitrogens with two attached hydrogens (primary N) is 2. The van der Waals surface area contributed by atoms with Crippen LogP contribution >= 0.6 is 12.6 Å². The summed E-state index contributed by atoms with van der Waals surface area (Å²) in [4.78, 5) is 1.41. The Kier molecular flexibility index (Phi) is 4.30. The summed E-state index contributed by atoms with van der Waals surface area (Å²) in [6.07, 6.45) is 0. The molecule has 0 unspecified atom stereocenters. The number of hydrazone groups is 1. The summed E-state index contributed by atoms with van der Waals surface area (Å²) < 4.78 is 0. The predicted octanol–water partition coefficient (Wildman–Crippen LogP) is -0.499. The minimum Gasteiger partial charge on any atom is -0.338 e. The maximum Gasteiger partial charge on any atom is 0.262 e. The zero-order chi connectivity index (χ0) is 8.15.